The number of rotatable bonds is 4. The van der Waals surface area contributed by atoms with Crippen molar-refractivity contribution in [3.63, 3.8) is 0 Å². The predicted octanol–water partition coefficient (Wildman–Crippen LogP) is 3.67. The molecule has 1 aliphatic carbocycles. The highest BCUT2D eigenvalue weighted by Gasteiger charge is 2.37. The van der Waals surface area contributed by atoms with Crippen molar-refractivity contribution in [3.8, 4) is 0 Å². The molecule has 0 bridgehead atoms. The fourth-order valence-electron chi connectivity index (χ4n) is 2.98. The third-order valence-corrected chi connectivity index (χ3v) is 4.62. The second-order valence-electron chi connectivity index (χ2n) is 5.27. The van der Waals surface area contributed by atoms with Crippen LogP contribution in [0, 0.1) is 0 Å². The molecular formula is C15H22BrNO. The first-order valence-electron chi connectivity index (χ1n) is 6.71. The molecule has 0 amide bonds. The first kappa shape index (κ1) is 14.0. The van der Waals surface area contributed by atoms with Crippen molar-refractivity contribution in [2.24, 2.45) is 5.73 Å². The van der Waals surface area contributed by atoms with Gasteiger partial charge in [-0.25, -0.2) is 0 Å². The van der Waals surface area contributed by atoms with Crippen molar-refractivity contribution in [1.29, 1.82) is 0 Å². The van der Waals surface area contributed by atoms with Crippen LogP contribution in [0.15, 0.2) is 28.7 Å². The summed E-state index contributed by atoms with van der Waals surface area (Å²) in [6.45, 7) is 0. The van der Waals surface area contributed by atoms with Crippen molar-refractivity contribution < 1.29 is 4.74 Å². The number of hydrogen-bond acceptors (Lipinski definition) is 2. The Bertz CT molecular complexity index is 388. The molecule has 0 aromatic heterocycles. The monoisotopic (exact) mass is 311 g/mol. The molecule has 100 valence electrons. The highest BCUT2D eigenvalue weighted by atomic mass is 79.9. The largest absolute Gasteiger partial charge is 0.377 e. The van der Waals surface area contributed by atoms with Gasteiger partial charge in [0, 0.05) is 17.6 Å². The van der Waals surface area contributed by atoms with Crippen molar-refractivity contribution in [2.45, 2.75) is 50.2 Å². The third kappa shape index (κ3) is 3.14. The van der Waals surface area contributed by atoms with E-state index in [4.69, 9.17) is 10.5 Å². The van der Waals surface area contributed by atoms with Crippen molar-refractivity contribution >= 4 is 15.9 Å². The summed E-state index contributed by atoms with van der Waals surface area (Å²) in [6.07, 6.45) is 6.86. The van der Waals surface area contributed by atoms with E-state index in [0.717, 1.165) is 23.7 Å². The maximum Gasteiger partial charge on any atom is 0.0832 e. The summed E-state index contributed by atoms with van der Waals surface area (Å²) < 4.78 is 6.92. The molecule has 1 aliphatic rings. The zero-order chi connectivity index (χ0) is 13.0. The zero-order valence-corrected chi connectivity index (χ0v) is 12.6. The number of methoxy groups -OCH3 is 1. The van der Waals surface area contributed by atoms with Gasteiger partial charge in [-0.15, -0.1) is 0 Å². The van der Waals surface area contributed by atoms with Gasteiger partial charge in [-0.05, 0) is 37.0 Å². The molecule has 0 spiro atoms. The molecule has 1 atom stereocenters. The van der Waals surface area contributed by atoms with Gasteiger partial charge in [0.25, 0.3) is 0 Å². The minimum absolute atomic E-state index is 0.0806. The highest BCUT2D eigenvalue weighted by molar-refractivity contribution is 9.10. The van der Waals surface area contributed by atoms with Crippen LogP contribution in [-0.2, 0) is 11.2 Å². The molecular weight excluding hydrogens is 290 g/mol. The van der Waals surface area contributed by atoms with Crippen LogP contribution in [0.25, 0.3) is 0 Å². The molecule has 1 unspecified atom stereocenters. The number of benzene rings is 1. The number of halogens is 1. The number of ether oxygens (including phenoxy) is 1. The average molecular weight is 312 g/mol. The Morgan fingerprint density at radius 2 is 2.06 bits per heavy atom. The highest BCUT2D eigenvalue weighted by Crippen LogP contribution is 2.34. The van der Waals surface area contributed by atoms with Gasteiger partial charge in [0.1, 0.15) is 0 Å². The maximum absolute atomic E-state index is 6.44. The Morgan fingerprint density at radius 3 is 2.67 bits per heavy atom. The van der Waals surface area contributed by atoms with Crippen LogP contribution in [0.3, 0.4) is 0 Å². The van der Waals surface area contributed by atoms with Crippen molar-refractivity contribution in [3.05, 3.63) is 34.3 Å². The van der Waals surface area contributed by atoms with Crippen LogP contribution in [0.5, 0.6) is 0 Å². The molecule has 0 saturated heterocycles. The van der Waals surface area contributed by atoms with Gasteiger partial charge in [0.2, 0.25) is 0 Å². The van der Waals surface area contributed by atoms with Gasteiger partial charge in [-0.1, -0.05) is 47.3 Å². The quantitative estimate of drug-likeness (QED) is 0.921. The van der Waals surface area contributed by atoms with Gasteiger partial charge in [0.15, 0.2) is 0 Å². The molecule has 2 N–H and O–H groups in total. The summed E-state index contributed by atoms with van der Waals surface area (Å²) in [5.74, 6) is 0. The summed E-state index contributed by atoms with van der Waals surface area (Å²) in [4.78, 5) is 0. The fraction of sp³-hybridized carbons (Fsp3) is 0.600. The average Bonchev–Trinajstić information content (AvgIpc) is 2.39. The Morgan fingerprint density at radius 1 is 1.33 bits per heavy atom. The second-order valence-corrected chi connectivity index (χ2v) is 6.19. The number of hydrogen-bond donors (Lipinski definition) is 1. The lowest BCUT2D eigenvalue weighted by atomic mass is 9.77. The smallest absolute Gasteiger partial charge is 0.0832 e. The summed E-state index contributed by atoms with van der Waals surface area (Å²) >= 11 is 3.51. The van der Waals surface area contributed by atoms with Crippen LogP contribution in [0.4, 0.5) is 0 Å². The molecule has 1 fully saturated rings. The topological polar surface area (TPSA) is 35.2 Å². The van der Waals surface area contributed by atoms with Crippen LogP contribution >= 0.6 is 15.9 Å². The molecule has 1 aromatic rings. The molecule has 2 rings (SSSR count). The van der Waals surface area contributed by atoms with E-state index >= 15 is 0 Å². The standard InChI is InChI=1S/C15H22BrNO/c1-18-15(8-3-2-4-9-15)14(17)11-12-6-5-7-13(16)10-12/h5-7,10,14H,2-4,8-9,11,17H2,1H3. The van der Waals surface area contributed by atoms with Crippen molar-refractivity contribution in [2.75, 3.05) is 7.11 Å². The van der Waals surface area contributed by atoms with Gasteiger partial charge in [0.05, 0.1) is 5.60 Å². The first-order valence-corrected chi connectivity index (χ1v) is 7.51. The zero-order valence-electron chi connectivity index (χ0n) is 11.0. The van der Waals surface area contributed by atoms with Crippen molar-refractivity contribution in [1.82, 2.24) is 0 Å². The Balaban J connectivity index is 2.07. The van der Waals surface area contributed by atoms with E-state index in [1.165, 1.54) is 24.8 Å². The Kier molecular flexibility index (Phi) is 4.82. The first-order chi connectivity index (χ1) is 8.66. The SMILES string of the molecule is COC1(C(N)Cc2cccc(Br)c2)CCCCC1. The molecule has 2 nitrogen and oxygen atoms in total. The van der Waals surface area contributed by atoms with Crippen LogP contribution in [0.2, 0.25) is 0 Å². The normalized spacial score (nSPS) is 20.6. The van der Waals surface area contributed by atoms with E-state index in [-0.39, 0.29) is 11.6 Å². The summed E-state index contributed by atoms with van der Waals surface area (Å²) in [5, 5.41) is 0. The lowest BCUT2D eigenvalue weighted by molar-refractivity contribution is -0.0582. The van der Waals surface area contributed by atoms with Crippen LogP contribution in [-0.4, -0.2) is 18.8 Å². The molecule has 1 saturated carbocycles. The van der Waals surface area contributed by atoms with Gasteiger partial charge in [-0.2, -0.15) is 0 Å². The van der Waals surface area contributed by atoms with Gasteiger partial charge >= 0.3 is 0 Å². The van der Waals surface area contributed by atoms with E-state index < -0.39 is 0 Å². The molecule has 0 heterocycles. The molecule has 0 radical (unpaired) electrons. The lowest BCUT2D eigenvalue weighted by Crippen LogP contribution is -2.51. The number of nitrogens with two attached hydrogens (primary N) is 1. The molecule has 18 heavy (non-hydrogen) atoms. The second kappa shape index (κ2) is 6.18. The fourth-order valence-corrected chi connectivity index (χ4v) is 3.43. The minimum atomic E-state index is -0.111. The molecule has 0 aliphatic heterocycles. The van der Waals surface area contributed by atoms with E-state index in [1.54, 1.807) is 0 Å². The van der Waals surface area contributed by atoms with Gasteiger partial charge in [-0.3, -0.25) is 0 Å². The third-order valence-electron chi connectivity index (χ3n) is 4.13. The Labute approximate surface area is 118 Å². The summed E-state index contributed by atoms with van der Waals surface area (Å²) in [5.41, 5.74) is 7.60. The predicted molar refractivity (Wildman–Crippen MR) is 78.6 cm³/mol. The molecule has 1 aromatic carbocycles. The van der Waals surface area contributed by atoms with E-state index in [9.17, 15) is 0 Å². The van der Waals surface area contributed by atoms with E-state index in [2.05, 4.69) is 34.1 Å². The van der Waals surface area contributed by atoms with Gasteiger partial charge < -0.3 is 10.5 Å². The van der Waals surface area contributed by atoms with E-state index in [1.807, 2.05) is 13.2 Å². The van der Waals surface area contributed by atoms with E-state index in [0.29, 0.717) is 0 Å². The lowest BCUT2D eigenvalue weighted by Gasteiger charge is -2.41. The molecule has 3 heteroatoms. The Hall–Kier alpha value is -0.380. The maximum atomic E-state index is 6.44. The van der Waals surface area contributed by atoms with Crippen LogP contribution < -0.4 is 5.73 Å². The summed E-state index contributed by atoms with van der Waals surface area (Å²) in [6, 6.07) is 8.47. The van der Waals surface area contributed by atoms with Crippen LogP contribution in [0.1, 0.15) is 37.7 Å². The minimum Gasteiger partial charge on any atom is -0.377 e. The summed E-state index contributed by atoms with van der Waals surface area (Å²) in [7, 11) is 1.81.